The summed E-state index contributed by atoms with van der Waals surface area (Å²) in [5.74, 6) is -2.13. The van der Waals surface area contributed by atoms with Crippen LogP contribution in [0.15, 0.2) is 0 Å². The van der Waals surface area contributed by atoms with E-state index in [0.717, 1.165) is 0 Å². The molecule has 3 saturated heterocycles. The molecule has 33 heteroatoms. The normalized spacial score (nSPS) is 38.7. The van der Waals surface area contributed by atoms with Gasteiger partial charge < -0.3 is 59.1 Å². The number of aliphatic hydroxyl groups is 5. The Bertz CT molecular complexity index is 1730. The van der Waals surface area contributed by atoms with Crippen molar-refractivity contribution in [2.75, 3.05) is 13.2 Å². The smallest absolute Gasteiger partial charge is 0.397 e. The summed E-state index contributed by atoms with van der Waals surface area (Å²) >= 11 is 0. The molecule has 0 aromatic rings. The van der Waals surface area contributed by atoms with Crippen molar-refractivity contribution in [1.29, 1.82) is 0 Å². The number of carboxylic acids is 1. The summed E-state index contributed by atoms with van der Waals surface area (Å²) in [4.78, 5) is 12.4. The highest BCUT2D eigenvalue weighted by Crippen LogP contribution is 2.35. The second-order valence-corrected chi connectivity index (χ2v) is 16.3. The third kappa shape index (κ3) is 13.0. The molecule has 0 amide bonds. The van der Waals surface area contributed by atoms with Crippen LogP contribution in [0.3, 0.4) is 0 Å². The molecule has 0 aliphatic carbocycles. The van der Waals surface area contributed by atoms with E-state index in [9.17, 15) is 82.8 Å². The van der Waals surface area contributed by atoms with Crippen molar-refractivity contribution in [2.45, 2.75) is 112 Å². The van der Waals surface area contributed by atoms with Crippen molar-refractivity contribution in [1.82, 2.24) is 9.44 Å². The largest absolute Gasteiger partial charge is 0.479 e. The first-order chi connectivity index (χ1) is 24.5. The highest BCUT2D eigenvalue weighted by Gasteiger charge is 2.58. The molecular weight excluding hydrogens is 840 g/mol. The summed E-state index contributed by atoms with van der Waals surface area (Å²) in [7, 11) is -21.7. The molecule has 54 heavy (non-hydrogen) atoms. The Morgan fingerprint density at radius 2 is 1.19 bits per heavy atom. The molecule has 0 saturated carbocycles. The van der Waals surface area contributed by atoms with Crippen LogP contribution in [-0.4, -0.2) is 200 Å². The van der Waals surface area contributed by atoms with Crippen molar-refractivity contribution < 1.29 is 124 Å². The lowest BCUT2D eigenvalue weighted by atomic mass is 9.95. The van der Waals surface area contributed by atoms with Gasteiger partial charge in [0.25, 0.3) is 0 Å². The van der Waals surface area contributed by atoms with E-state index in [-0.39, 0.29) is 0 Å². The van der Waals surface area contributed by atoms with Crippen molar-refractivity contribution in [3.8, 4) is 0 Å². The summed E-state index contributed by atoms with van der Waals surface area (Å²) in [5.41, 5.74) is 0. The van der Waals surface area contributed by atoms with E-state index in [1.807, 2.05) is 0 Å². The molecule has 3 fully saturated rings. The number of rotatable bonds is 17. The minimum atomic E-state index is -5.76. The Labute approximate surface area is 305 Å². The molecule has 12 N–H and O–H groups in total. The Morgan fingerprint density at radius 1 is 0.667 bits per heavy atom. The van der Waals surface area contributed by atoms with Gasteiger partial charge in [-0.2, -0.15) is 43.1 Å². The Balaban J connectivity index is 2.09. The molecule has 318 valence electrons. The van der Waals surface area contributed by atoms with Crippen LogP contribution in [0, 0.1) is 0 Å². The SMILES string of the molecule is CC(C)O[C@H]1O[C@H](COS(=O)(=O)O)[C@@H](O[C@@H]2O[C@H](C(=O)O)[C@@H](O[C@H]3O[C@H](CO)[C@@H](O)[C@H](O)[C@H]3NS(=O)(=O)O)[C@H](O)[C@H]2OS(=O)(=O)O)[C@H](O)[C@H]1NS(=O)(=O)O. The average Bonchev–Trinajstić information content (AvgIpc) is 2.99. The number of aliphatic carboxylic acids is 1. The third-order valence-electron chi connectivity index (χ3n) is 7.49. The minimum absolute atomic E-state index is 0.858. The lowest BCUT2D eigenvalue weighted by Crippen LogP contribution is -2.70. The van der Waals surface area contributed by atoms with Crippen LogP contribution in [0.4, 0.5) is 0 Å². The zero-order chi connectivity index (χ0) is 41.3. The van der Waals surface area contributed by atoms with Crippen LogP contribution >= 0.6 is 0 Å². The number of carboxylic acid groups (broad SMARTS) is 1. The van der Waals surface area contributed by atoms with Crippen LogP contribution in [0.1, 0.15) is 13.8 Å². The molecule has 0 spiro atoms. The Hall–Kier alpha value is -1.49. The quantitative estimate of drug-likeness (QED) is 0.0604. The van der Waals surface area contributed by atoms with Crippen molar-refractivity contribution in [3.63, 3.8) is 0 Å². The van der Waals surface area contributed by atoms with Gasteiger partial charge in [0.15, 0.2) is 31.1 Å². The van der Waals surface area contributed by atoms with Gasteiger partial charge in [-0.15, -0.1) is 0 Å². The minimum Gasteiger partial charge on any atom is -0.479 e. The van der Waals surface area contributed by atoms with E-state index < -0.39 is 159 Å². The number of nitrogens with one attached hydrogen (secondary N) is 2. The molecule has 3 aliphatic rings. The summed E-state index contributed by atoms with van der Waals surface area (Å²) in [6.45, 7) is 0.291. The molecule has 0 aromatic carbocycles. The van der Waals surface area contributed by atoms with E-state index in [0.29, 0.717) is 0 Å². The fourth-order valence-corrected chi connectivity index (χ4v) is 7.37. The topological polar surface area (TPSA) is 454 Å². The molecule has 3 aliphatic heterocycles. The van der Waals surface area contributed by atoms with E-state index in [1.54, 1.807) is 0 Å². The monoisotopic (exact) mass is 878 g/mol. The number of hydrogen-bond donors (Lipinski definition) is 12. The molecule has 15 atom stereocenters. The van der Waals surface area contributed by atoms with Gasteiger partial charge in [0.2, 0.25) is 0 Å². The highest BCUT2D eigenvalue weighted by molar-refractivity contribution is 7.84. The summed E-state index contributed by atoms with van der Waals surface area (Å²) < 4.78 is 174. The Kier molecular flexibility index (Phi) is 15.6. The van der Waals surface area contributed by atoms with Crippen LogP contribution < -0.4 is 9.44 Å². The first kappa shape index (κ1) is 46.9. The van der Waals surface area contributed by atoms with Gasteiger partial charge in [-0.3, -0.25) is 18.2 Å². The molecule has 0 unspecified atom stereocenters. The fraction of sp³-hybridized carbons (Fsp3) is 0.952. The van der Waals surface area contributed by atoms with Crippen LogP contribution in [-0.2, 0) is 83.0 Å². The number of aliphatic hydroxyl groups excluding tert-OH is 5. The van der Waals surface area contributed by atoms with Gasteiger partial charge in [-0.05, 0) is 13.8 Å². The van der Waals surface area contributed by atoms with Gasteiger partial charge in [0, 0.05) is 0 Å². The van der Waals surface area contributed by atoms with Crippen LogP contribution in [0.25, 0.3) is 0 Å². The van der Waals surface area contributed by atoms with Gasteiger partial charge >= 0.3 is 47.4 Å². The molecule has 0 radical (unpaired) electrons. The maximum Gasteiger partial charge on any atom is 0.397 e. The maximum absolute atomic E-state index is 12.4. The Morgan fingerprint density at radius 3 is 1.65 bits per heavy atom. The number of ether oxygens (including phenoxy) is 6. The van der Waals surface area contributed by atoms with E-state index >= 15 is 0 Å². The second-order valence-electron chi connectivity index (χ2n) is 11.8. The molecule has 0 bridgehead atoms. The lowest BCUT2D eigenvalue weighted by Gasteiger charge is -2.49. The highest BCUT2D eigenvalue weighted by atomic mass is 32.3. The van der Waals surface area contributed by atoms with Gasteiger partial charge in [0.05, 0.1) is 19.3 Å². The van der Waals surface area contributed by atoms with E-state index in [2.05, 4.69) is 8.37 Å². The van der Waals surface area contributed by atoms with Crippen molar-refractivity contribution >= 4 is 47.4 Å². The van der Waals surface area contributed by atoms with E-state index in [4.69, 9.17) is 33.0 Å². The van der Waals surface area contributed by atoms with Crippen LogP contribution in [0.5, 0.6) is 0 Å². The summed E-state index contributed by atoms with van der Waals surface area (Å²) in [6.07, 6.45) is -31.7. The zero-order valence-corrected chi connectivity index (χ0v) is 30.5. The third-order valence-corrected chi connectivity index (χ3v) is 9.53. The lowest BCUT2D eigenvalue weighted by molar-refractivity contribution is -0.360. The predicted octanol–water partition coefficient (Wildman–Crippen LogP) is -7.59. The number of carbonyl (C=O) groups is 1. The summed E-state index contributed by atoms with van der Waals surface area (Å²) in [5, 5.41) is 62.7. The maximum atomic E-state index is 12.4. The van der Waals surface area contributed by atoms with Gasteiger partial charge in [-0.1, -0.05) is 0 Å². The molecule has 0 aromatic heterocycles. The van der Waals surface area contributed by atoms with Crippen LogP contribution in [0.2, 0.25) is 0 Å². The van der Waals surface area contributed by atoms with Crippen molar-refractivity contribution in [2.24, 2.45) is 0 Å². The molecular formula is C21H38N2O27S4. The first-order valence-corrected chi connectivity index (χ1v) is 20.4. The predicted molar refractivity (Wildman–Crippen MR) is 162 cm³/mol. The van der Waals surface area contributed by atoms with E-state index in [1.165, 1.54) is 23.3 Å². The fourth-order valence-electron chi connectivity index (χ4n) is 5.39. The second kappa shape index (κ2) is 18.0. The zero-order valence-electron chi connectivity index (χ0n) is 27.2. The average molecular weight is 879 g/mol. The molecule has 29 nitrogen and oxygen atoms in total. The molecule has 3 heterocycles. The van der Waals surface area contributed by atoms with Crippen molar-refractivity contribution in [3.05, 3.63) is 0 Å². The standard InChI is InChI=1S/C21H38N2O27S4/c1-5(2)44-19-9(23-52(34,35)36)12(27)14(7(46-19)4-43-53(37,38)39)47-21-16(50-54(40,41)42)13(28)15(17(49-21)18(29)30)48-20-8(22-51(31,32)33)11(26)10(25)6(3-24)45-20/h5-17,19-28H,3-4H2,1-2H3,(H,29,30)(H,31,32,33)(H,34,35,36)(H,37,38,39)(H,40,41,42)/t6-,7-,8-,9-,10-,11-,12-,13+,14-,15+,16-,17+,19+,20-,21-/m1/s1. The van der Waals surface area contributed by atoms with Gasteiger partial charge in [-0.25, -0.2) is 13.2 Å². The molecule has 3 rings (SSSR count). The summed E-state index contributed by atoms with van der Waals surface area (Å²) in [6, 6.07) is -4.40. The first-order valence-electron chi connectivity index (χ1n) is 14.8. The van der Waals surface area contributed by atoms with Gasteiger partial charge in [0.1, 0.15) is 60.9 Å². The number of hydrogen-bond acceptors (Lipinski definition) is 22.